The lowest BCUT2D eigenvalue weighted by molar-refractivity contribution is -0.129. The van der Waals surface area contributed by atoms with E-state index in [0.29, 0.717) is 17.5 Å². The normalized spacial score (nSPS) is 20.0. The zero-order chi connectivity index (χ0) is 16.2. The molecule has 3 rings (SSSR count). The Morgan fingerprint density at radius 1 is 1.30 bits per heavy atom. The Labute approximate surface area is 141 Å². The number of fused-ring (bicyclic) bond motifs is 1. The minimum atomic E-state index is -0.193. The second kappa shape index (κ2) is 7.21. The number of benzene rings is 1. The lowest BCUT2D eigenvalue weighted by Gasteiger charge is -2.33. The molecule has 23 heavy (non-hydrogen) atoms. The van der Waals surface area contributed by atoms with Gasteiger partial charge in [0.05, 0.1) is 10.6 Å². The van der Waals surface area contributed by atoms with E-state index in [4.69, 9.17) is 0 Å². The van der Waals surface area contributed by atoms with Gasteiger partial charge in [0.1, 0.15) is 0 Å². The number of hydrogen-bond acceptors (Lipinski definition) is 3. The number of anilines is 1. The van der Waals surface area contributed by atoms with E-state index in [1.165, 1.54) is 37.1 Å². The minimum absolute atomic E-state index is 0.0450. The maximum absolute atomic E-state index is 12.7. The molecule has 1 saturated carbocycles. The van der Waals surface area contributed by atoms with Crippen molar-refractivity contribution in [1.29, 1.82) is 0 Å². The van der Waals surface area contributed by atoms with Gasteiger partial charge in [0.25, 0.3) is 5.91 Å². The van der Waals surface area contributed by atoms with Crippen LogP contribution in [0.1, 0.15) is 39.0 Å². The molecule has 1 aliphatic heterocycles. The summed E-state index contributed by atoms with van der Waals surface area (Å²) in [6, 6.07) is 7.97. The first-order valence-corrected chi connectivity index (χ1v) is 9.11. The first-order valence-electron chi connectivity index (χ1n) is 8.29. The molecule has 1 fully saturated rings. The van der Waals surface area contributed by atoms with Crippen molar-refractivity contribution in [1.82, 2.24) is 4.90 Å². The van der Waals surface area contributed by atoms with Crippen molar-refractivity contribution in [2.24, 2.45) is 0 Å². The molecule has 122 valence electrons. The first-order chi connectivity index (χ1) is 11.2. The number of thioether (sulfide) groups is 1. The Bertz CT molecular complexity index is 636. The number of nitrogens with zero attached hydrogens (tertiary/aromatic N) is 1. The number of hydrogen-bond donors (Lipinski definition) is 1. The van der Waals surface area contributed by atoms with Crippen LogP contribution in [-0.2, 0) is 9.59 Å². The van der Waals surface area contributed by atoms with E-state index in [1.54, 1.807) is 0 Å². The fourth-order valence-electron chi connectivity index (χ4n) is 3.28. The molecule has 0 aromatic heterocycles. The molecule has 2 amide bonds. The molecule has 0 saturated heterocycles. The summed E-state index contributed by atoms with van der Waals surface area (Å²) in [5.41, 5.74) is 0.812. The van der Waals surface area contributed by atoms with Crippen molar-refractivity contribution >= 4 is 29.3 Å². The lowest BCUT2D eigenvalue weighted by Crippen LogP contribution is -2.40. The molecule has 0 spiro atoms. The van der Waals surface area contributed by atoms with Crippen molar-refractivity contribution in [2.75, 3.05) is 11.9 Å². The molecule has 0 unspecified atom stereocenters. The molecule has 1 aromatic rings. The number of rotatable bonds is 3. The molecule has 0 bridgehead atoms. The van der Waals surface area contributed by atoms with Crippen molar-refractivity contribution in [3.63, 3.8) is 0 Å². The van der Waals surface area contributed by atoms with E-state index in [2.05, 4.69) is 5.32 Å². The minimum Gasteiger partial charge on any atom is -0.336 e. The highest BCUT2D eigenvalue weighted by atomic mass is 32.2. The summed E-state index contributed by atoms with van der Waals surface area (Å²) in [5, 5.41) is 2.85. The molecular formula is C18H22N2O2S. The molecule has 1 aliphatic carbocycles. The van der Waals surface area contributed by atoms with Crippen LogP contribution >= 0.6 is 11.8 Å². The van der Waals surface area contributed by atoms with Gasteiger partial charge in [0, 0.05) is 23.6 Å². The third-order valence-corrected chi connectivity index (χ3v) is 5.57. The number of para-hydroxylation sites is 1. The zero-order valence-electron chi connectivity index (χ0n) is 13.4. The van der Waals surface area contributed by atoms with Gasteiger partial charge in [-0.25, -0.2) is 0 Å². The average Bonchev–Trinajstić information content (AvgIpc) is 2.57. The topological polar surface area (TPSA) is 49.4 Å². The van der Waals surface area contributed by atoms with Gasteiger partial charge in [0.15, 0.2) is 0 Å². The van der Waals surface area contributed by atoms with Crippen molar-refractivity contribution < 1.29 is 9.59 Å². The van der Waals surface area contributed by atoms with Crippen LogP contribution < -0.4 is 5.32 Å². The summed E-state index contributed by atoms with van der Waals surface area (Å²) in [6.07, 6.45) is 7.30. The highest BCUT2D eigenvalue weighted by Gasteiger charge is 2.26. The lowest BCUT2D eigenvalue weighted by atomic mass is 9.94. The predicted molar refractivity (Wildman–Crippen MR) is 93.3 cm³/mol. The smallest absolute Gasteiger partial charge is 0.262 e. The summed E-state index contributed by atoms with van der Waals surface area (Å²) >= 11 is 1.37. The average molecular weight is 330 g/mol. The highest BCUT2D eigenvalue weighted by molar-refractivity contribution is 8.04. The van der Waals surface area contributed by atoms with Crippen LogP contribution in [0.15, 0.2) is 40.1 Å². The van der Waals surface area contributed by atoms with E-state index >= 15 is 0 Å². The Morgan fingerprint density at radius 3 is 2.78 bits per heavy atom. The Balaban J connectivity index is 1.77. The highest BCUT2D eigenvalue weighted by Crippen LogP contribution is 2.37. The van der Waals surface area contributed by atoms with Gasteiger partial charge in [-0.15, -0.1) is 0 Å². The van der Waals surface area contributed by atoms with E-state index < -0.39 is 0 Å². The third-order valence-electron chi connectivity index (χ3n) is 4.47. The Morgan fingerprint density at radius 2 is 2.04 bits per heavy atom. The van der Waals surface area contributed by atoms with Crippen LogP contribution in [-0.4, -0.2) is 29.3 Å². The summed E-state index contributed by atoms with van der Waals surface area (Å²) in [6.45, 7) is 2.70. The zero-order valence-corrected chi connectivity index (χ0v) is 14.2. The maximum atomic E-state index is 12.7. The van der Waals surface area contributed by atoms with Crippen LogP contribution in [0.5, 0.6) is 0 Å². The summed E-state index contributed by atoms with van der Waals surface area (Å²) < 4.78 is 0. The van der Waals surface area contributed by atoms with Gasteiger partial charge in [-0.2, -0.15) is 0 Å². The standard InChI is InChI=1S/C18H22N2O2S/c1-2-20(13-8-4-3-5-9-13)17(21)12-16-18(22)19-14-10-6-7-11-15(14)23-16/h6-7,10-13H,2-5,8-9H2,1H3,(H,19,22)/b16-12+. The molecule has 1 aromatic carbocycles. The van der Waals surface area contributed by atoms with Crippen molar-refractivity contribution in [2.45, 2.75) is 50.0 Å². The van der Waals surface area contributed by atoms with Gasteiger partial charge in [0.2, 0.25) is 5.91 Å². The van der Waals surface area contributed by atoms with E-state index in [0.717, 1.165) is 23.4 Å². The van der Waals surface area contributed by atoms with Gasteiger partial charge in [-0.3, -0.25) is 9.59 Å². The van der Waals surface area contributed by atoms with Gasteiger partial charge in [-0.1, -0.05) is 43.2 Å². The molecule has 0 radical (unpaired) electrons. The summed E-state index contributed by atoms with van der Waals surface area (Å²) in [7, 11) is 0. The number of amides is 2. The van der Waals surface area contributed by atoms with Crippen LogP contribution in [0.25, 0.3) is 0 Å². The molecule has 1 heterocycles. The van der Waals surface area contributed by atoms with Crippen LogP contribution in [0.4, 0.5) is 5.69 Å². The monoisotopic (exact) mass is 330 g/mol. The number of nitrogens with one attached hydrogen (secondary N) is 1. The van der Waals surface area contributed by atoms with Gasteiger partial charge in [-0.05, 0) is 31.9 Å². The molecule has 0 atom stereocenters. The molecule has 1 N–H and O–H groups in total. The van der Waals surface area contributed by atoms with E-state index in [-0.39, 0.29) is 11.8 Å². The van der Waals surface area contributed by atoms with Crippen LogP contribution in [0.3, 0.4) is 0 Å². The third kappa shape index (κ3) is 3.61. The number of likely N-dealkylation sites (N-methyl/N-ethyl adjacent to an activating group) is 1. The molecule has 2 aliphatic rings. The predicted octanol–water partition coefficient (Wildman–Crippen LogP) is 3.80. The van der Waals surface area contributed by atoms with Crippen molar-refractivity contribution in [3.05, 3.63) is 35.2 Å². The SMILES string of the molecule is CCN(C(=O)/C=C1/Sc2ccccc2NC1=O)C1CCCCC1. The first kappa shape index (κ1) is 16.1. The fourth-order valence-corrected chi connectivity index (χ4v) is 4.20. The summed E-state index contributed by atoms with van der Waals surface area (Å²) in [4.78, 5) is 28.2. The van der Waals surface area contributed by atoms with Gasteiger partial charge < -0.3 is 10.2 Å². The maximum Gasteiger partial charge on any atom is 0.262 e. The Hall–Kier alpha value is -1.75. The fraction of sp³-hybridized carbons (Fsp3) is 0.444. The number of carbonyl (C=O) groups excluding carboxylic acids is 2. The van der Waals surface area contributed by atoms with E-state index in [1.807, 2.05) is 36.1 Å². The largest absolute Gasteiger partial charge is 0.336 e. The quantitative estimate of drug-likeness (QED) is 0.858. The van der Waals surface area contributed by atoms with Gasteiger partial charge >= 0.3 is 0 Å². The molecular weight excluding hydrogens is 308 g/mol. The van der Waals surface area contributed by atoms with E-state index in [9.17, 15) is 9.59 Å². The number of carbonyl (C=O) groups is 2. The summed E-state index contributed by atoms with van der Waals surface area (Å²) in [5.74, 6) is -0.238. The Kier molecular flexibility index (Phi) is 5.06. The second-order valence-electron chi connectivity index (χ2n) is 5.98. The van der Waals surface area contributed by atoms with Crippen molar-refractivity contribution in [3.8, 4) is 0 Å². The van der Waals surface area contributed by atoms with Crippen LogP contribution in [0, 0.1) is 0 Å². The van der Waals surface area contributed by atoms with Crippen LogP contribution in [0.2, 0.25) is 0 Å². The molecule has 4 nitrogen and oxygen atoms in total. The molecule has 5 heteroatoms. The second-order valence-corrected chi connectivity index (χ2v) is 7.06.